The van der Waals surface area contributed by atoms with Crippen molar-refractivity contribution in [1.82, 2.24) is 15.2 Å². The first-order valence-corrected chi connectivity index (χ1v) is 12.2. The van der Waals surface area contributed by atoms with Gasteiger partial charge in [0.2, 0.25) is 5.91 Å². The number of nitrogens with zero attached hydrogens (tertiary/aromatic N) is 3. The van der Waals surface area contributed by atoms with E-state index in [4.69, 9.17) is 26.1 Å². The summed E-state index contributed by atoms with van der Waals surface area (Å²) in [6.45, 7) is 3.17. The molecule has 1 N–H and O–H groups in total. The highest BCUT2D eigenvalue weighted by Gasteiger charge is 2.43. The molecule has 1 unspecified atom stereocenters. The second-order valence-corrected chi connectivity index (χ2v) is 9.50. The first-order chi connectivity index (χ1) is 16.5. The first kappa shape index (κ1) is 22.9. The van der Waals surface area contributed by atoms with Gasteiger partial charge < -0.3 is 19.7 Å². The number of fused-ring (bicyclic) bond motifs is 1. The van der Waals surface area contributed by atoms with E-state index in [9.17, 15) is 14.0 Å². The van der Waals surface area contributed by atoms with Gasteiger partial charge in [0.25, 0.3) is 0 Å². The van der Waals surface area contributed by atoms with Crippen LogP contribution in [0.15, 0.2) is 46.0 Å². The lowest BCUT2D eigenvalue weighted by atomic mass is 9.94. The van der Waals surface area contributed by atoms with E-state index in [1.54, 1.807) is 13.1 Å². The summed E-state index contributed by atoms with van der Waals surface area (Å²) in [4.78, 5) is 37.0. The number of thiazole rings is 1. The zero-order chi connectivity index (χ0) is 23.8. The van der Waals surface area contributed by atoms with Gasteiger partial charge >= 0.3 is 5.97 Å². The molecule has 0 spiro atoms. The van der Waals surface area contributed by atoms with E-state index in [1.165, 1.54) is 29.5 Å². The summed E-state index contributed by atoms with van der Waals surface area (Å²) in [5, 5.41) is 5.75. The molecule has 0 aliphatic carbocycles. The van der Waals surface area contributed by atoms with E-state index in [0.717, 1.165) is 0 Å². The Balaban J connectivity index is 1.59. The molecule has 1 aromatic heterocycles. The molecule has 178 valence electrons. The van der Waals surface area contributed by atoms with Crippen molar-refractivity contribution >= 4 is 40.6 Å². The van der Waals surface area contributed by atoms with Gasteiger partial charge in [0.05, 0.1) is 37.4 Å². The summed E-state index contributed by atoms with van der Waals surface area (Å²) in [6, 6.07) is 2.99. The Bertz CT molecular complexity index is 1180. The second kappa shape index (κ2) is 9.44. The average Bonchev–Trinajstić information content (AvgIpc) is 3.41. The number of hydrogen-bond donors (Lipinski definition) is 1. The Morgan fingerprint density at radius 3 is 2.85 bits per heavy atom. The van der Waals surface area contributed by atoms with Crippen molar-refractivity contribution in [1.29, 1.82) is 0 Å². The van der Waals surface area contributed by atoms with Gasteiger partial charge in [0.15, 0.2) is 10.8 Å². The minimum absolute atomic E-state index is 0.0692. The predicted octanol–water partition coefficient (Wildman–Crippen LogP) is 3.09. The number of ether oxygens (including phenoxy) is 2. The minimum Gasteiger partial charge on any atom is -0.463 e. The average molecular weight is 505 g/mol. The molecule has 0 radical (unpaired) electrons. The van der Waals surface area contributed by atoms with Crippen molar-refractivity contribution < 1.29 is 23.5 Å². The van der Waals surface area contributed by atoms with Gasteiger partial charge in [-0.25, -0.2) is 14.2 Å². The van der Waals surface area contributed by atoms with Crippen LogP contribution in [0.25, 0.3) is 0 Å². The fourth-order valence-electron chi connectivity index (χ4n) is 4.32. The molecule has 34 heavy (non-hydrogen) atoms. The van der Waals surface area contributed by atoms with E-state index in [1.807, 2.05) is 10.3 Å². The van der Waals surface area contributed by atoms with Gasteiger partial charge in [-0.15, -0.1) is 11.3 Å². The third kappa shape index (κ3) is 4.21. The number of esters is 1. The Kier molecular flexibility index (Phi) is 6.37. The molecule has 2 atom stereocenters. The summed E-state index contributed by atoms with van der Waals surface area (Å²) < 4.78 is 24.3. The fraction of sp³-hybridized carbons (Fsp3) is 0.391. The largest absolute Gasteiger partial charge is 0.463 e. The van der Waals surface area contributed by atoms with Crippen molar-refractivity contribution in [2.24, 2.45) is 10.9 Å². The number of carbonyl (C=O) groups excluding carboxylic acids is 2. The van der Waals surface area contributed by atoms with Gasteiger partial charge in [0, 0.05) is 40.8 Å². The molecule has 1 amide bonds. The van der Waals surface area contributed by atoms with E-state index in [2.05, 4.69) is 10.3 Å². The molecular formula is C23H22ClFN4O4S. The highest BCUT2D eigenvalue weighted by molar-refractivity contribution is 7.11. The van der Waals surface area contributed by atoms with Gasteiger partial charge in [-0.05, 0) is 19.1 Å². The Morgan fingerprint density at radius 2 is 2.21 bits per heavy atom. The lowest BCUT2D eigenvalue weighted by Gasteiger charge is -2.31. The molecule has 1 aromatic carbocycles. The number of aromatic nitrogens is 1. The van der Waals surface area contributed by atoms with Crippen LogP contribution in [0.2, 0.25) is 5.02 Å². The number of halogens is 2. The molecule has 0 bridgehead atoms. The van der Waals surface area contributed by atoms with Crippen molar-refractivity contribution in [3.05, 3.63) is 62.5 Å². The number of nitrogens with one attached hydrogen (secondary N) is 1. The maximum atomic E-state index is 13.8. The monoisotopic (exact) mass is 504 g/mol. The second-order valence-electron chi connectivity index (χ2n) is 8.19. The summed E-state index contributed by atoms with van der Waals surface area (Å²) in [5.74, 6) is -0.653. The highest BCUT2D eigenvalue weighted by atomic mass is 35.5. The molecule has 11 heteroatoms. The first-order valence-electron chi connectivity index (χ1n) is 10.9. The van der Waals surface area contributed by atoms with Gasteiger partial charge in [-0.1, -0.05) is 17.7 Å². The molecule has 2 aromatic rings. The summed E-state index contributed by atoms with van der Waals surface area (Å²) in [6.07, 6.45) is 2.09. The summed E-state index contributed by atoms with van der Waals surface area (Å²) in [7, 11) is 0. The normalized spacial score (nSPS) is 22.2. The van der Waals surface area contributed by atoms with Crippen LogP contribution in [0.1, 0.15) is 30.0 Å². The van der Waals surface area contributed by atoms with Crippen molar-refractivity contribution in [3.8, 4) is 0 Å². The van der Waals surface area contributed by atoms with Crippen LogP contribution in [0.5, 0.6) is 0 Å². The number of hydrogen-bond acceptors (Lipinski definition) is 8. The SMILES string of the molecule is CCOC(=O)C1=C2CC(NC(=O)C3COC3)CN2C(c2nccs2)=N[C@H]1c1ccc(F)cc1Cl. The standard InChI is InChI=1S/C23H22ClFN4O4S/c1-2-33-23(31)18-17-8-14(27-21(30)12-10-32-11-12)9-29(17)20(22-26-5-6-34-22)28-19(18)15-4-3-13(25)7-16(15)24/h3-7,12,14,19H,2,8-11H2,1H3,(H,27,30)/t14?,19-/m0/s1. The molecule has 0 saturated carbocycles. The molecule has 3 aliphatic heterocycles. The summed E-state index contributed by atoms with van der Waals surface area (Å²) >= 11 is 7.82. The molecular weight excluding hydrogens is 483 g/mol. The maximum Gasteiger partial charge on any atom is 0.338 e. The number of aliphatic imine (C=N–C) groups is 1. The molecule has 2 fully saturated rings. The molecule has 3 aliphatic rings. The van der Waals surface area contributed by atoms with E-state index >= 15 is 0 Å². The van der Waals surface area contributed by atoms with Gasteiger partial charge in [-0.3, -0.25) is 9.79 Å². The van der Waals surface area contributed by atoms with Crippen LogP contribution in [0, 0.1) is 11.7 Å². The van der Waals surface area contributed by atoms with E-state index in [0.29, 0.717) is 53.9 Å². The minimum atomic E-state index is -0.799. The quantitative estimate of drug-likeness (QED) is 0.608. The highest BCUT2D eigenvalue weighted by Crippen LogP contribution is 2.42. The van der Waals surface area contributed by atoms with E-state index in [-0.39, 0.29) is 29.5 Å². The van der Waals surface area contributed by atoms with Gasteiger partial charge in [0.1, 0.15) is 11.9 Å². The Hall–Kier alpha value is -2.82. The van der Waals surface area contributed by atoms with Crippen molar-refractivity contribution in [2.45, 2.75) is 25.4 Å². The number of amides is 1. The maximum absolute atomic E-state index is 13.8. The lowest BCUT2D eigenvalue weighted by Crippen LogP contribution is -2.47. The Morgan fingerprint density at radius 1 is 1.38 bits per heavy atom. The third-order valence-electron chi connectivity index (χ3n) is 5.99. The topological polar surface area (TPSA) is 93.1 Å². The van der Waals surface area contributed by atoms with Crippen molar-refractivity contribution in [3.63, 3.8) is 0 Å². The number of rotatable bonds is 6. The third-order valence-corrected chi connectivity index (χ3v) is 7.09. The predicted molar refractivity (Wildman–Crippen MR) is 124 cm³/mol. The smallest absolute Gasteiger partial charge is 0.338 e. The van der Waals surface area contributed by atoms with Crippen LogP contribution < -0.4 is 5.32 Å². The lowest BCUT2D eigenvalue weighted by molar-refractivity contribution is -0.140. The van der Waals surface area contributed by atoms with E-state index < -0.39 is 17.8 Å². The molecule has 8 nitrogen and oxygen atoms in total. The van der Waals surface area contributed by atoms with Crippen LogP contribution in [0.4, 0.5) is 4.39 Å². The van der Waals surface area contributed by atoms with Crippen molar-refractivity contribution in [2.75, 3.05) is 26.4 Å². The van der Waals surface area contributed by atoms with Crippen LogP contribution in [0.3, 0.4) is 0 Å². The number of benzene rings is 1. The van der Waals surface area contributed by atoms with Crippen LogP contribution >= 0.6 is 22.9 Å². The molecule has 4 heterocycles. The molecule has 2 saturated heterocycles. The zero-order valence-electron chi connectivity index (χ0n) is 18.3. The zero-order valence-corrected chi connectivity index (χ0v) is 19.9. The Labute approximate surface area is 204 Å². The molecule has 5 rings (SSSR count). The fourth-order valence-corrected chi connectivity index (χ4v) is 5.23. The summed E-state index contributed by atoms with van der Waals surface area (Å²) in [5.41, 5.74) is 1.52. The number of carbonyl (C=O) groups is 2. The van der Waals surface area contributed by atoms with Gasteiger partial charge in [-0.2, -0.15) is 0 Å². The number of amidine groups is 1. The van der Waals surface area contributed by atoms with Crippen LogP contribution in [-0.2, 0) is 19.1 Å². The van der Waals surface area contributed by atoms with Crippen LogP contribution in [-0.4, -0.2) is 60.0 Å².